The minimum absolute atomic E-state index is 0.0203. The molecule has 57 heavy (non-hydrogen) atoms. The summed E-state index contributed by atoms with van der Waals surface area (Å²) in [5, 5.41) is 106. The van der Waals surface area contributed by atoms with E-state index in [9.17, 15) is 55.9 Å². The summed E-state index contributed by atoms with van der Waals surface area (Å²) < 4.78 is 23.5. The number of aliphatic hydroxyl groups excluding tert-OH is 10. The lowest BCUT2D eigenvalue weighted by molar-refractivity contribution is -0.327. The molecule has 0 aromatic rings. The van der Waals surface area contributed by atoms with Crippen molar-refractivity contribution >= 4 is 5.78 Å². The van der Waals surface area contributed by atoms with Crippen molar-refractivity contribution < 1.29 is 74.8 Å². The highest BCUT2D eigenvalue weighted by Gasteiger charge is 2.84. The minimum Gasteiger partial charge on any atom is -0.394 e. The lowest BCUT2D eigenvalue weighted by atomic mass is 9.41. The molecule has 21 atom stereocenters. The normalized spacial score (nSPS) is 53.6. The van der Waals surface area contributed by atoms with Crippen LogP contribution in [0.3, 0.4) is 0 Å². The minimum atomic E-state index is -1.63. The molecule has 5 saturated carbocycles. The average molecular weight is 815 g/mol. The number of ketones is 1. The molecule has 328 valence electrons. The Balaban J connectivity index is 1.03. The molecule has 7 fully saturated rings. The van der Waals surface area contributed by atoms with Crippen LogP contribution in [0.25, 0.3) is 0 Å². The Kier molecular flexibility index (Phi) is 11.5. The molecule has 0 amide bonds. The van der Waals surface area contributed by atoms with Crippen LogP contribution in [0, 0.1) is 50.7 Å². The number of fused-ring (bicyclic) bond motifs is 2. The molecule has 5 aliphatic carbocycles. The van der Waals surface area contributed by atoms with Gasteiger partial charge in [0.05, 0.1) is 31.5 Å². The second kappa shape index (κ2) is 14.9. The molecule has 2 heterocycles. The first-order valence-corrected chi connectivity index (χ1v) is 21.3. The van der Waals surface area contributed by atoms with Crippen molar-refractivity contribution in [3.63, 3.8) is 0 Å². The number of aliphatic hydroxyl groups is 10. The van der Waals surface area contributed by atoms with Gasteiger partial charge in [-0.05, 0) is 116 Å². The maximum atomic E-state index is 13.7. The highest BCUT2D eigenvalue weighted by Crippen LogP contribution is 2.89. The molecular formula is C42H70O15. The van der Waals surface area contributed by atoms with Crippen LogP contribution >= 0.6 is 0 Å². The predicted molar refractivity (Wildman–Crippen MR) is 201 cm³/mol. The monoisotopic (exact) mass is 814 g/mol. The van der Waals surface area contributed by atoms with Gasteiger partial charge in [0.2, 0.25) is 0 Å². The second-order valence-electron chi connectivity index (χ2n) is 20.9. The van der Waals surface area contributed by atoms with Gasteiger partial charge in [-0.15, -0.1) is 0 Å². The van der Waals surface area contributed by atoms with Gasteiger partial charge in [0.15, 0.2) is 18.4 Å². The van der Waals surface area contributed by atoms with Crippen LogP contribution in [0.5, 0.6) is 0 Å². The van der Waals surface area contributed by atoms with Crippen LogP contribution < -0.4 is 0 Å². The summed E-state index contributed by atoms with van der Waals surface area (Å²) in [7, 11) is 0. The number of carbonyl (C=O) groups excluding carboxylic acids is 1. The fourth-order valence-corrected chi connectivity index (χ4v) is 14.4. The van der Waals surface area contributed by atoms with Gasteiger partial charge in [-0.25, -0.2) is 0 Å². The lowest BCUT2D eigenvalue weighted by Gasteiger charge is -2.64. The van der Waals surface area contributed by atoms with Gasteiger partial charge in [-0.2, -0.15) is 0 Å². The largest absolute Gasteiger partial charge is 0.394 e. The van der Waals surface area contributed by atoms with Gasteiger partial charge in [0.25, 0.3) is 0 Å². The fourth-order valence-electron chi connectivity index (χ4n) is 14.4. The van der Waals surface area contributed by atoms with E-state index in [2.05, 4.69) is 34.6 Å². The third-order valence-corrected chi connectivity index (χ3v) is 17.6. The van der Waals surface area contributed by atoms with E-state index in [0.29, 0.717) is 25.7 Å². The van der Waals surface area contributed by atoms with Crippen molar-refractivity contribution in [2.45, 2.75) is 192 Å². The standard InChI is InChI=1S/C42H70O15/c1-19(8-9-25(47)38(4,5)57-36-33(53)31(51)29(49)23(17-44)55-36)27-21(46)15-40(7)34-20(45)14-24-37(2,3)26(56-35-32(52)30(50)28(48)22(16-43)54-35)10-11-41(24)18-42(34,41)13-12-39(27,40)6/h19-24,26-36,43-46,48-53H,8-18H2,1-7H3. The van der Waals surface area contributed by atoms with E-state index < -0.39 is 97.8 Å². The van der Waals surface area contributed by atoms with Gasteiger partial charge in [0, 0.05) is 6.42 Å². The summed E-state index contributed by atoms with van der Waals surface area (Å²) in [4.78, 5) is 13.7. The fraction of sp³-hybridized carbons (Fsp3) is 0.976. The van der Waals surface area contributed by atoms with E-state index in [-0.39, 0.29) is 63.6 Å². The first kappa shape index (κ1) is 44.2. The van der Waals surface area contributed by atoms with Crippen molar-refractivity contribution in [2.24, 2.45) is 50.7 Å². The Bertz CT molecular complexity index is 1490. The third kappa shape index (κ3) is 6.46. The van der Waals surface area contributed by atoms with E-state index in [1.807, 2.05) is 0 Å². The Morgan fingerprint density at radius 2 is 1.33 bits per heavy atom. The molecule has 10 N–H and O–H groups in total. The summed E-state index contributed by atoms with van der Waals surface area (Å²) in [5.74, 6) is -0.354. The van der Waals surface area contributed by atoms with E-state index >= 15 is 0 Å². The van der Waals surface area contributed by atoms with Gasteiger partial charge in [-0.1, -0.05) is 34.6 Å². The molecule has 2 aliphatic heterocycles. The molecule has 0 aromatic heterocycles. The zero-order chi connectivity index (χ0) is 42.0. The molecule has 0 bridgehead atoms. The first-order valence-electron chi connectivity index (χ1n) is 21.3. The van der Waals surface area contributed by atoms with Gasteiger partial charge in [-0.3, -0.25) is 4.79 Å². The molecule has 15 nitrogen and oxygen atoms in total. The summed E-state index contributed by atoms with van der Waals surface area (Å²) in [6.45, 7) is 12.9. The lowest BCUT2D eigenvalue weighted by Crippen LogP contribution is -2.63. The van der Waals surface area contributed by atoms with E-state index in [1.165, 1.54) is 0 Å². The zero-order valence-corrected chi connectivity index (χ0v) is 34.6. The van der Waals surface area contributed by atoms with Crippen LogP contribution in [0.2, 0.25) is 0 Å². The Morgan fingerprint density at radius 1 is 0.754 bits per heavy atom. The predicted octanol–water partition coefficient (Wildman–Crippen LogP) is 0.133. The molecule has 7 aliphatic rings. The number of rotatable bonds is 11. The van der Waals surface area contributed by atoms with Gasteiger partial charge in [0.1, 0.15) is 54.4 Å². The molecule has 0 aromatic carbocycles. The molecule has 2 spiro atoms. The van der Waals surface area contributed by atoms with Crippen LogP contribution in [0.15, 0.2) is 0 Å². The van der Waals surface area contributed by atoms with E-state index in [4.69, 9.17) is 18.9 Å². The van der Waals surface area contributed by atoms with E-state index in [0.717, 1.165) is 25.7 Å². The van der Waals surface area contributed by atoms with Crippen molar-refractivity contribution in [2.75, 3.05) is 13.2 Å². The smallest absolute Gasteiger partial charge is 0.187 e. The number of hydrogen-bond donors (Lipinski definition) is 10. The molecule has 2 saturated heterocycles. The zero-order valence-electron chi connectivity index (χ0n) is 34.6. The summed E-state index contributed by atoms with van der Waals surface area (Å²) in [5.41, 5.74) is -2.67. The number of ether oxygens (including phenoxy) is 4. The number of hydrogen-bond acceptors (Lipinski definition) is 15. The molecular weight excluding hydrogens is 744 g/mol. The van der Waals surface area contributed by atoms with Crippen LogP contribution in [0.4, 0.5) is 0 Å². The summed E-state index contributed by atoms with van der Waals surface area (Å²) in [6.07, 6.45) is -9.74. The highest BCUT2D eigenvalue weighted by molar-refractivity contribution is 5.86. The SMILES string of the molecule is CC(CCC(=O)C(C)(C)OC1OC(CO)C(O)C(O)C1O)C1C(O)CC2(C)C3C(O)CC4C(C)(C)C(OC5OC(CO)C(O)C(O)C5O)CCC45CC35CCC12C. The van der Waals surface area contributed by atoms with Crippen molar-refractivity contribution in [1.82, 2.24) is 0 Å². The number of carbonyl (C=O) groups is 1. The maximum Gasteiger partial charge on any atom is 0.187 e. The Labute approximate surface area is 335 Å². The van der Waals surface area contributed by atoms with E-state index in [1.54, 1.807) is 13.8 Å². The second-order valence-corrected chi connectivity index (χ2v) is 20.9. The van der Waals surface area contributed by atoms with Crippen LogP contribution in [0.1, 0.15) is 106 Å². The Morgan fingerprint density at radius 3 is 1.93 bits per heavy atom. The third-order valence-electron chi connectivity index (χ3n) is 17.6. The molecule has 0 radical (unpaired) electrons. The van der Waals surface area contributed by atoms with Crippen molar-refractivity contribution in [1.29, 1.82) is 0 Å². The quantitative estimate of drug-likeness (QED) is 0.125. The van der Waals surface area contributed by atoms with Crippen LogP contribution in [-0.4, -0.2) is 155 Å². The molecule has 15 heteroatoms. The topological polar surface area (TPSA) is 256 Å². The molecule has 21 unspecified atom stereocenters. The Hall–Kier alpha value is -0.890. The van der Waals surface area contributed by atoms with Gasteiger partial charge >= 0.3 is 0 Å². The van der Waals surface area contributed by atoms with Crippen molar-refractivity contribution in [3.8, 4) is 0 Å². The first-order chi connectivity index (χ1) is 26.5. The average Bonchev–Trinajstić information content (AvgIpc) is 3.74. The summed E-state index contributed by atoms with van der Waals surface area (Å²) in [6, 6.07) is 0. The summed E-state index contributed by atoms with van der Waals surface area (Å²) >= 11 is 0. The molecule has 7 rings (SSSR count). The van der Waals surface area contributed by atoms with Gasteiger partial charge < -0.3 is 70.0 Å². The highest BCUT2D eigenvalue weighted by atomic mass is 16.7. The van der Waals surface area contributed by atoms with Crippen molar-refractivity contribution in [3.05, 3.63) is 0 Å². The number of Topliss-reactive ketones (excluding diaryl/α,β-unsaturated/α-hetero) is 1. The van der Waals surface area contributed by atoms with Crippen LogP contribution in [-0.2, 0) is 23.7 Å². The maximum absolute atomic E-state index is 13.7.